The number of methoxy groups -OCH3 is 1. The summed E-state index contributed by atoms with van der Waals surface area (Å²) >= 11 is 0. The van der Waals surface area contributed by atoms with Gasteiger partial charge in [-0.05, 0) is 49.4 Å². The molecule has 3 nitrogen and oxygen atoms in total. The molecule has 1 saturated carbocycles. The Labute approximate surface area is 116 Å². The Bertz CT molecular complexity index is 377. The van der Waals surface area contributed by atoms with Crippen LogP contribution in [0.15, 0.2) is 24.3 Å². The summed E-state index contributed by atoms with van der Waals surface area (Å²) in [6.07, 6.45) is 3.86. The van der Waals surface area contributed by atoms with Crippen LogP contribution in [0.4, 0.5) is 0 Å². The number of hydrogen-bond donors (Lipinski definition) is 1. The van der Waals surface area contributed by atoms with Crippen LogP contribution in [0, 0.1) is 5.92 Å². The van der Waals surface area contributed by atoms with Crippen molar-refractivity contribution in [2.75, 3.05) is 20.3 Å². The number of benzene rings is 1. The summed E-state index contributed by atoms with van der Waals surface area (Å²) in [5.74, 6) is 1.76. The molecule has 1 fully saturated rings. The fraction of sp³-hybridized carbons (Fsp3) is 0.625. The van der Waals surface area contributed by atoms with Crippen molar-refractivity contribution < 1.29 is 9.47 Å². The van der Waals surface area contributed by atoms with E-state index in [1.807, 2.05) is 12.1 Å². The van der Waals surface area contributed by atoms with Gasteiger partial charge < -0.3 is 14.8 Å². The zero-order valence-corrected chi connectivity index (χ0v) is 12.0. The van der Waals surface area contributed by atoms with Gasteiger partial charge in [-0.25, -0.2) is 0 Å². The minimum Gasteiger partial charge on any atom is -0.492 e. The summed E-state index contributed by atoms with van der Waals surface area (Å²) in [4.78, 5) is 0. The molecule has 1 unspecified atom stereocenters. The third-order valence-corrected chi connectivity index (χ3v) is 3.49. The van der Waals surface area contributed by atoms with E-state index >= 15 is 0 Å². The van der Waals surface area contributed by atoms with E-state index in [9.17, 15) is 0 Å². The second-order valence-corrected chi connectivity index (χ2v) is 5.29. The maximum absolute atomic E-state index is 5.94. The number of rotatable bonds is 9. The Morgan fingerprint density at radius 3 is 2.89 bits per heavy atom. The first-order valence-corrected chi connectivity index (χ1v) is 7.27. The number of nitrogens with one attached hydrogen (secondary N) is 1. The first-order chi connectivity index (χ1) is 9.33. The predicted octanol–water partition coefficient (Wildman–Crippen LogP) is 2.99. The van der Waals surface area contributed by atoms with Crippen LogP contribution >= 0.6 is 0 Å². The van der Waals surface area contributed by atoms with Gasteiger partial charge in [0, 0.05) is 13.2 Å². The summed E-state index contributed by atoms with van der Waals surface area (Å²) in [6, 6.07) is 8.67. The molecule has 0 amide bonds. The van der Waals surface area contributed by atoms with Crippen LogP contribution in [-0.4, -0.2) is 26.3 Å². The van der Waals surface area contributed by atoms with Crippen molar-refractivity contribution in [3.63, 3.8) is 0 Å². The first-order valence-electron chi connectivity index (χ1n) is 7.27. The van der Waals surface area contributed by atoms with Gasteiger partial charge in [0.25, 0.3) is 0 Å². The van der Waals surface area contributed by atoms with Crippen LogP contribution in [0.25, 0.3) is 0 Å². The molecular formula is C16H25NO2. The quantitative estimate of drug-likeness (QED) is 0.743. The molecule has 0 aliphatic heterocycles. The Morgan fingerprint density at radius 1 is 1.37 bits per heavy atom. The van der Waals surface area contributed by atoms with Gasteiger partial charge in [0.15, 0.2) is 0 Å². The lowest BCUT2D eigenvalue weighted by molar-refractivity contribution is 0.184. The van der Waals surface area contributed by atoms with Gasteiger partial charge in [-0.1, -0.05) is 19.1 Å². The summed E-state index contributed by atoms with van der Waals surface area (Å²) in [5, 5.41) is 3.59. The molecule has 0 heterocycles. The van der Waals surface area contributed by atoms with Crippen molar-refractivity contribution in [1.82, 2.24) is 5.32 Å². The molecular weight excluding hydrogens is 238 g/mol. The molecule has 0 radical (unpaired) electrons. The van der Waals surface area contributed by atoms with Gasteiger partial charge >= 0.3 is 0 Å². The van der Waals surface area contributed by atoms with Crippen molar-refractivity contribution in [3.8, 4) is 5.75 Å². The van der Waals surface area contributed by atoms with Gasteiger partial charge in [-0.3, -0.25) is 0 Å². The number of hydrogen-bond acceptors (Lipinski definition) is 3. The summed E-state index contributed by atoms with van der Waals surface area (Å²) in [6.45, 7) is 4.68. The van der Waals surface area contributed by atoms with Crippen LogP contribution in [-0.2, 0) is 11.3 Å². The monoisotopic (exact) mass is 263 g/mol. The molecule has 106 valence electrons. The zero-order chi connectivity index (χ0) is 13.5. The van der Waals surface area contributed by atoms with E-state index in [1.54, 1.807) is 7.11 Å². The highest BCUT2D eigenvalue weighted by atomic mass is 16.5. The van der Waals surface area contributed by atoms with Crippen LogP contribution in [0.1, 0.15) is 31.7 Å². The van der Waals surface area contributed by atoms with Gasteiger partial charge in [0.05, 0.1) is 6.61 Å². The van der Waals surface area contributed by atoms with Crippen LogP contribution in [0.2, 0.25) is 0 Å². The van der Waals surface area contributed by atoms with E-state index in [1.165, 1.54) is 19.3 Å². The molecule has 3 heteroatoms. The molecule has 1 aromatic rings. The molecule has 2 rings (SSSR count). The molecule has 1 aliphatic rings. The SMILES string of the molecule is CCCNC(COc1cccc(COC)c1)C1CC1. The van der Waals surface area contributed by atoms with E-state index in [0.29, 0.717) is 12.6 Å². The van der Waals surface area contributed by atoms with Crippen LogP contribution in [0.3, 0.4) is 0 Å². The van der Waals surface area contributed by atoms with Gasteiger partial charge in [0.2, 0.25) is 0 Å². The maximum Gasteiger partial charge on any atom is 0.119 e. The van der Waals surface area contributed by atoms with Crippen molar-refractivity contribution >= 4 is 0 Å². The minimum atomic E-state index is 0.506. The van der Waals surface area contributed by atoms with E-state index in [4.69, 9.17) is 9.47 Å². The van der Waals surface area contributed by atoms with Gasteiger partial charge in [0.1, 0.15) is 12.4 Å². The average Bonchev–Trinajstić information content (AvgIpc) is 3.24. The Kier molecular flexibility index (Phi) is 5.67. The fourth-order valence-corrected chi connectivity index (χ4v) is 2.27. The zero-order valence-electron chi connectivity index (χ0n) is 12.0. The van der Waals surface area contributed by atoms with Crippen molar-refractivity contribution in [2.24, 2.45) is 5.92 Å². The molecule has 19 heavy (non-hydrogen) atoms. The third-order valence-electron chi connectivity index (χ3n) is 3.49. The predicted molar refractivity (Wildman–Crippen MR) is 77.5 cm³/mol. The highest BCUT2D eigenvalue weighted by Gasteiger charge is 2.31. The van der Waals surface area contributed by atoms with E-state index in [2.05, 4.69) is 24.4 Å². The maximum atomic E-state index is 5.94. The summed E-state index contributed by atoms with van der Waals surface area (Å²) in [5.41, 5.74) is 1.16. The lowest BCUT2D eigenvalue weighted by Crippen LogP contribution is -2.37. The van der Waals surface area contributed by atoms with Crippen LogP contribution < -0.4 is 10.1 Å². The largest absolute Gasteiger partial charge is 0.492 e. The Balaban J connectivity index is 1.83. The smallest absolute Gasteiger partial charge is 0.119 e. The molecule has 1 aliphatic carbocycles. The molecule has 1 aromatic carbocycles. The molecule has 0 aromatic heterocycles. The third kappa shape index (κ3) is 4.84. The molecule has 0 spiro atoms. The second-order valence-electron chi connectivity index (χ2n) is 5.29. The molecule has 1 N–H and O–H groups in total. The lowest BCUT2D eigenvalue weighted by Gasteiger charge is -2.18. The normalized spacial score (nSPS) is 16.3. The highest BCUT2D eigenvalue weighted by molar-refractivity contribution is 5.28. The fourth-order valence-electron chi connectivity index (χ4n) is 2.27. The molecule has 1 atom stereocenters. The minimum absolute atomic E-state index is 0.506. The van der Waals surface area contributed by atoms with Crippen molar-refractivity contribution in [3.05, 3.63) is 29.8 Å². The lowest BCUT2D eigenvalue weighted by atomic mass is 10.2. The summed E-state index contributed by atoms with van der Waals surface area (Å²) in [7, 11) is 1.71. The topological polar surface area (TPSA) is 30.5 Å². The van der Waals surface area contributed by atoms with E-state index in [-0.39, 0.29) is 0 Å². The molecule has 0 bridgehead atoms. The van der Waals surface area contributed by atoms with Crippen molar-refractivity contribution in [1.29, 1.82) is 0 Å². The van der Waals surface area contributed by atoms with Gasteiger partial charge in [-0.15, -0.1) is 0 Å². The van der Waals surface area contributed by atoms with E-state index in [0.717, 1.165) is 30.4 Å². The highest BCUT2D eigenvalue weighted by Crippen LogP contribution is 2.33. The average molecular weight is 263 g/mol. The Hall–Kier alpha value is -1.06. The second kappa shape index (κ2) is 7.51. The number of ether oxygens (including phenoxy) is 2. The molecule has 0 saturated heterocycles. The van der Waals surface area contributed by atoms with Crippen LogP contribution in [0.5, 0.6) is 5.75 Å². The van der Waals surface area contributed by atoms with Gasteiger partial charge in [-0.2, -0.15) is 0 Å². The summed E-state index contributed by atoms with van der Waals surface area (Å²) < 4.78 is 11.1. The first kappa shape index (κ1) is 14.4. The standard InChI is InChI=1S/C16H25NO2/c1-3-9-17-16(14-7-8-14)12-19-15-6-4-5-13(10-15)11-18-2/h4-6,10,14,16-17H,3,7-9,11-12H2,1-2H3. The van der Waals surface area contributed by atoms with Crippen molar-refractivity contribution in [2.45, 2.75) is 38.8 Å². The van der Waals surface area contributed by atoms with E-state index < -0.39 is 0 Å². The Morgan fingerprint density at radius 2 is 2.21 bits per heavy atom.